The van der Waals surface area contributed by atoms with Crippen LogP contribution in [0.15, 0.2) is 63.1 Å². The molecule has 4 rings (SSSR count). The maximum absolute atomic E-state index is 12.9. The summed E-state index contributed by atoms with van der Waals surface area (Å²) in [4.78, 5) is 30.4. The first-order chi connectivity index (χ1) is 14.5. The van der Waals surface area contributed by atoms with Crippen molar-refractivity contribution in [2.75, 3.05) is 0 Å². The Labute approximate surface area is 178 Å². The number of amides is 1. The first kappa shape index (κ1) is 20.0. The van der Waals surface area contributed by atoms with Gasteiger partial charge in [0, 0.05) is 22.4 Å². The highest BCUT2D eigenvalue weighted by atomic mass is 32.1. The van der Waals surface area contributed by atoms with Crippen LogP contribution in [-0.4, -0.2) is 10.9 Å². The van der Waals surface area contributed by atoms with Crippen molar-refractivity contribution in [1.82, 2.24) is 10.3 Å². The standard InChI is InChI=1S/C24H22N2O3S/c1-14(2)24-26-17(13-30-24)12-25-23(28)19-11-7-10-18-20(27)15(3)21(29-22(18)19)16-8-5-4-6-9-16/h4-11,13-14H,12H2,1-3H3,(H,25,28). The predicted octanol–water partition coefficient (Wildman–Crippen LogP) is 5.28. The molecule has 0 saturated heterocycles. The minimum absolute atomic E-state index is 0.133. The minimum Gasteiger partial charge on any atom is -0.455 e. The number of nitrogens with zero attached hydrogens (tertiary/aromatic N) is 1. The zero-order valence-corrected chi connectivity index (χ0v) is 17.9. The number of benzene rings is 2. The fraction of sp³-hybridized carbons (Fsp3) is 0.208. The van der Waals surface area contributed by atoms with Gasteiger partial charge in [-0.05, 0) is 19.1 Å². The van der Waals surface area contributed by atoms with E-state index in [9.17, 15) is 9.59 Å². The van der Waals surface area contributed by atoms with Crippen molar-refractivity contribution in [2.24, 2.45) is 0 Å². The number of hydrogen-bond acceptors (Lipinski definition) is 5. The molecule has 0 fully saturated rings. The van der Waals surface area contributed by atoms with Crippen LogP contribution in [-0.2, 0) is 6.54 Å². The summed E-state index contributed by atoms with van der Waals surface area (Å²) < 4.78 is 6.12. The van der Waals surface area contributed by atoms with Crippen LogP contribution in [0.1, 0.15) is 46.4 Å². The largest absolute Gasteiger partial charge is 0.455 e. The second-order valence-corrected chi connectivity index (χ2v) is 8.34. The molecule has 0 bridgehead atoms. The van der Waals surface area contributed by atoms with E-state index < -0.39 is 0 Å². The van der Waals surface area contributed by atoms with Gasteiger partial charge >= 0.3 is 0 Å². The Morgan fingerprint density at radius 2 is 1.90 bits per heavy atom. The summed E-state index contributed by atoms with van der Waals surface area (Å²) in [6.07, 6.45) is 0. The third-order valence-electron chi connectivity index (χ3n) is 4.92. The van der Waals surface area contributed by atoms with Gasteiger partial charge in [-0.15, -0.1) is 11.3 Å². The predicted molar refractivity (Wildman–Crippen MR) is 120 cm³/mol. The lowest BCUT2D eigenvalue weighted by atomic mass is 10.0. The summed E-state index contributed by atoms with van der Waals surface area (Å²) in [6.45, 7) is 6.24. The highest BCUT2D eigenvalue weighted by Crippen LogP contribution is 2.27. The van der Waals surface area contributed by atoms with E-state index in [0.29, 0.717) is 40.3 Å². The van der Waals surface area contributed by atoms with E-state index in [-0.39, 0.29) is 11.3 Å². The van der Waals surface area contributed by atoms with Gasteiger partial charge in [-0.2, -0.15) is 0 Å². The lowest BCUT2D eigenvalue weighted by molar-refractivity contribution is 0.0951. The molecule has 0 unspecified atom stereocenters. The Morgan fingerprint density at radius 3 is 2.60 bits per heavy atom. The van der Waals surface area contributed by atoms with Gasteiger partial charge in [-0.25, -0.2) is 4.98 Å². The zero-order valence-electron chi connectivity index (χ0n) is 17.1. The molecule has 0 atom stereocenters. The Bertz CT molecular complexity index is 1270. The molecular weight excluding hydrogens is 396 g/mol. The molecule has 30 heavy (non-hydrogen) atoms. The van der Waals surface area contributed by atoms with Crippen LogP contribution in [0.5, 0.6) is 0 Å². The van der Waals surface area contributed by atoms with E-state index in [0.717, 1.165) is 16.3 Å². The number of hydrogen-bond donors (Lipinski definition) is 1. The summed E-state index contributed by atoms with van der Waals surface area (Å²) in [5.41, 5.74) is 2.64. The summed E-state index contributed by atoms with van der Waals surface area (Å²) in [5.74, 6) is 0.534. The molecule has 2 aromatic carbocycles. The molecule has 1 amide bonds. The maximum atomic E-state index is 12.9. The fourth-order valence-electron chi connectivity index (χ4n) is 3.29. The van der Waals surface area contributed by atoms with Crippen molar-refractivity contribution in [1.29, 1.82) is 0 Å². The van der Waals surface area contributed by atoms with Crippen LogP contribution in [0.4, 0.5) is 0 Å². The van der Waals surface area contributed by atoms with Crippen molar-refractivity contribution in [2.45, 2.75) is 33.2 Å². The van der Waals surface area contributed by atoms with E-state index in [1.165, 1.54) is 0 Å². The first-order valence-corrected chi connectivity index (χ1v) is 10.7. The van der Waals surface area contributed by atoms with E-state index in [1.54, 1.807) is 36.5 Å². The van der Waals surface area contributed by atoms with Crippen LogP contribution in [0.2, 0.25) is 0 Å². The van der Waals surface area contributed by atoms with Crippen LogP contribution in [0.25, 0.3) is 22.3 Å². The second kappa shape index (κ2) is 8.24. The number of carbonyl (C=O) groups is 1. The Balaban J connectivity index is 1.70. The van der Waals surface area contributed by atoms with Crippen molar-refractivity contribution in [3.63, 3.8) is 0 Å². The number of fused-ring (bicyclic) bond motifs is 1. The number of aromatic nitrogens is 1. The average Bonchev–Trinajstić information content (AvgIpc) is 3.24. The molecule has 0 aliphatic carbocycles. The van der Waals surface area contributed by atoms with Crippen molar-refractivity contribution in [3.05, 3.63) is 86.0 Å². The topological polar surface area (TPSA) is 72.2 Å². The van der Waals surface area contributed by atoms with Gasteiger partial charge in [0.15, 0.2) is 11.0 Å². The molecule has 0 saturated carbocycles. The van der Waals surface area contributed by atoms with Gasteiger partial charge in [-0.1, -0.05) is 50.2 Å². The van der Waals surface area contributed by atoms with Crippen molar-refractivity contribution in [3.8, 4) is 11.3 Å². The summed E-state index contributed by atoms with van der Waals surface area (Å²) in [6, 6.07) is 14.5. The summed E-state index contributed by atoms with van der Waals surface area (Å²) in [5, 5.41) is 6.29. The SMILES string of the molecule is Cc1c(-c2ccccc2)oc2c(C(=O)NCc3csc(C(C)C)n3)cccc2c1=O. The fourth-order valence-corrected chi connectivity index (χ4v) is 4.12. The Hall–Kier alpha value is -3.25. The van der Waals surface area contributed by atoms with Crippen LogP contribution < -0.4 is 10.7 Å². The lowest BCUT2D eigenvalue weighted by Crippen LogP contribution is -2.23. The van der Waals surface area contributed by atoms with Gasteiger partial charge in [0.2, 0.25) is 0 Å². The van der Waals surface area contributed by atoms with E-state index >= 15 is 0 Å². The molecule has 0 aliphatic heterocycles. The van der Waals surface area contributed by atoms with Gasteiger partial charge < -0.3 is 9.73 Å². The highest BCUT2D eigenvalue weighted by Gasteiger charge is 2.18. The number of nitrogens with one attached hydrogen (secondary N) is 1. The molecule has 4 aromatic rings. The van der Waals surface area contributed by atoms with E-state index in [2.05, 4.69) is 24.1 Å². The minimum atomic E-state index is -0.300. The molecule has 0 spiro atoms. The first-order valence-electron chi connectivity index (χ1n) is 9.80. The molecule has 0 aliphatic rings. The lowest BCUT2D eigenvalue weighted by Gasteiger charge is -2.10. The van der Waals surface area contributed by atoms with Gasteiger partial charge in [-0.3, -0.25) is 9.59 Å². The zero-order chi connectivity index (χ0) is 21.3. The van der Waals surface area contributed by atoms with E-state index in [4.69, 9.17) is 4.42 Å². The average molecular weight is 419 g/mol. The second-order valence-electron chi connectivity index (χ2n) is 7.45. The quantitative estimate of drug-likeness (QED) is 0.479. The number of rotatable bonds is 5. The Morgan fingerprint density at radius 1 is 1.13 bits per heavy atom. The van der Waals surface area contributed by atoms with Crippen LogP contribution >= 0.6 is 11.3 Å². The van der Waals surface area contributed by atoms with Crippen LogP contribution in [0, 0.1) is 6.92 Å². The molecular formula is C24H22N2O3S. The van der Waals surface area contributed by atoms with Crippen LogP contribution in [0.3, 0.4) is 0 Å². The van der Waals surface area contributed by atoms with E-state index in [1.807, 2.05) is 35.7 Å². The summed E-state index contributed by atoms with van der Waals surface area (Å²) in [7, 11) is 0. The number of carbonyl (C=O) groups excluding carboxylic acids is 1. The monoisotopic (exact) mass is 418 g/mol. The van der Waals surface area contributed by atoms with Crippen molar-refractivity contribution >= 4 is 28.2 Å². The molecule has 5 nitrogen and oxygen atoms in total. The summed E-state index contributed by atoms with van der Waals surface area (Å²) >= 11 is 1.59. The van der Waals surface area contributed by atoms with Gasteiger partial charge in [0.1, 0.15) is 5.76 Å². The van der Waals surface area contributed by atoms with Crippen molar-refractivity contribution < 1.29 is 9.21 Å². The Kier molecular flexibility index (Phi) is 5.50. The molecule has 152 valence electrons. The van der Waals surface area contributed by atoms with Gasteiger partial charge in [0.25, 0.3) is 5.91 Å². The third kappa shape index (κ3) is 3.78. The molecule has 1 N–H and O–H groups in total. The molecule has 0 radical (unpaired) electrons. The molecule has 6 heteroatoms. The van der Waals surface area contributed by atoms with Gasteiger partial charge in [0.05, 0.1) is 28.2 Å². The smallest absolute Gasteiger partial charge is 0.255 e. The number of thiazole rings is 1. The highest BCUT2D eigenvalue weighted by molar-refractivity contribution is 7.09. The number of para-hydroxylation sites is 1. The molecule has 2 heterocycles. The third-order valence-corrected chi connectivity index (χ3v) is 6.11. The normalized spacial score (nSPS) is 11.2. The maximum Gasteiger partial charge on any atom is 0.255 e. The molecule has 2 aromatic heterocycles.